The first-order valence-electron chi connectivity index (χ1n) is 7.64. The lowest BCUT2D eigenvalue weighted by molar-refractivity contribution is 0.310. The molecule has 2 aromatic carbocycles. The highest BCUT2D eigenvalue weighted by molar-refractivity contribution is 5.78. The van der Waals surface area contributed by atoms with E-state index in [0.717, 1.165) is 12.8 Å². The van der Waals surface area contributed by atoms with Gasteiger partial charge in [-0.2, -0.15) is 0 Å². The second-order valence-electron chi connectivity index (χ2n) is 6.02. The van der Waals surface area contributed by atoms with Crippen molar-refractivity contribution in [2.24, 2.45) is 0 Å². The Morgan fingerprint density at radius 2 is 1.30 bits per heavy atom. The summed E-state index contributed by atoms with van der Waals surface area (Å²) in [6.45, 7) is 6.86. The number of rotatable bonds is 4. The molecular formula is C19H23N. The average Bonchev–Trinajstić information content (AvgIpc) is 2.82. The molecule has 0 radical (unpaired) electrons. The lowest BCUT2D eigenvalue weighted by atomic mass is 9.92. The van der Waals surface area contributed by atoms with Gasteiger partial charge < -0.3 is 5.32 Å². The topological polar surface area (TPSA) is 12.0 Å². The highest BCUT2D eigenvalue weighted by atomic mass is 15.0. The summed E-state index contributed by atoms with van der Waals surface area (Å²) in [6, 6.07) is 17.9. The van der Waals surface area contributed by atoms with E-state index >= 15 is 0 Å². The molecule has 1 aliphatic carbocycles. The first kappa shape index (κ1) is 13.4. The summed E-state index contributed by atoms with van der Waals surface area (Å²) >= 11 is 0. The molecule has 0 spiro atoms. The van der Waals surface area contributed by atoms with Crippen molar-refractivity contribution < 1.29 is 0 Å². The summed E-state index contributed by atoms with van der Waals surface area (Å²) in [7, 11) is 0. The fourth-order valence-electron chi connectivity index (χ4n) is 3.11. The zero-order valence-corrected chi connectivity index (χ0v) is 12.6. The molecule has 0 aromatic heterocycles. The molecule has 0 aliphatic heterocycles. The molecule has 0 saturated heterocycles. The van der Waals surface area contributed by atoms with Crippen LogP contribution in [0.25, 0.3) is 11.1 Å². The second kappa shape index (κ2) is 5.06. The number of nitrogens with one attached hydrogen (secondary N) is 1. The molecule has 0 unspecified atom stereocenters. The standard InChI is InChI=1S/C19H23N/c1-4-19(3,5-2)20-18-16-12-8-6-10-14(16)15-11-7-9-13-17(15)18/h6-13,18,20H,4-5H2,1-3H3. The fraction of sp³-hybridized carbons (Fsp3) is 0.368. The van der Waals surface area contributed by atoms with Crippen LogP contribution >= 0.6 is 0 Å². The minimum atomic E-state index is 0.190. The molecule has 1 nitrogen and oxygen atoms in total. The minimum absolute atomic E-state index is 0.190. The molecule has 0 saturated carbocycles. The Balaban J connectivity index is 2.07. The Morgan fingerprint density at radius 3 is 1.75 bits per heavy atom. The van der Waals surface area contributed by atoms with E-state index in [0.29, 0.717) is 6.04 Å². The van der Waals surface area contributed by atoms with Crippen molar-refractivity contribution in [1.82, 2.24) is 5.32 Å². The van der Waals surface area contributed by atoms with Gasteiger partial charge in [0.2, 0.25) is 0 Å². The van der Waals surface area contributed by atoms with E-state index in [1.807, 2.05) is 0 Å². The van der Waals surface area contributed by atoms with Gasteiger partial charge in [0.05, 0.1) is 6.04 Å². The average molecular weight is 265 g/mol. The van der Waals surface area contributed by atoms with E-state index in [4.69, 9.17) is 0 Å². The predicted molar refractivity (Wildman–Crippen MR) is 85.8 cm³/mol. The zero-order chi connectivity index (χ0) is 14.2. The Hall–Kier alpha value is -1.60. The van der Waals surface area contributed by atoms with Gasteiger partial charge in [-0.1, -0.05) is 62.4 Å². The van der Waals surface area contributed by atoms with Gasteiger partial charge in [0.15, 0.2) is 0 Å². The maximum atomic E-state index is 3.90. The SMILES string of the molecule is CCC(C)(CC)NC1c2ccccc2-c2ccccc21. The van der Waals surface area contributed by atoms with E-state index in [-0.39, 0.29) is 5.54 Å². The van der Waals surface area contributed by atoms with Crippen molar-refractivity contribution >= 4 is 0 Å². The van der Waals surface area contributed by atoms with Crippen LogP contribution in [0.15, 0.2) is 48.5 Å². The molecule has 104 valence electrons. The third-order valence-electron chi connectivity index (χ3n) is 4.89. The lowest BCUT2D eigenvalue weighted by Gasteiger charge is -2.33. The normalized spacial score (nSPS) is 14.2. The van der Waals surface area contributed by atoms with Crippen LogP contribution in [0.5, 0.6) is 0 Å². The maximum Gasteiger partial charge on any atom is 0.0593 e. The van der Waals surface area contributed by atoms with Crippen LogP contribution in [0.4, 0.5) is 0 Å². The molecule has 1 N–H and O–H groups in total. The smallest absolute Gasteiger partial charge is 0.0593 e. The minimum Gasteiger partial charge on any atom is -0.301 e. The molecule has 3 rings (SSSR count). The van der Waals surface area contributed by atoms with Crippen molar-refractivity contribution in [3.8, 4) is 11.1 Å². The predicted octanol–water partition coefficient (Wildman–Crippen LogP) is 4.92. The van der Waals surface area contributed by atoms with Crippen molar-refractivity contribution in [2.75, 3.05) is 0 Å². The van der Waals surface area contributed by atoms with Gasteiger partial charge in [0, 0.05) is 5.54 Å². The number of benzene rings is 2. The molecule has 0 bridgehead atoms. The molecule has 1 aliphatic rings. The number of hydrogen-bond donors (Lipinski definition) is 1. The van der Waals surface area contributed by atoms with E-state index in [1.54, 1.807) is 0 Å². The van der Waals surface area contributed by atoms with Crippen LogP contribution in [-0.2, 0) is 0 Å². The van der Waals surface area contributed by atoms with Gasteiger partial charge in [-0.3, -0.25) is 0 Å². The first-order valence-corrected chi connectivity index (χ1v) is 7.64. The second-order valence-corrected chi connectivity index (χ2v) is 6.02. The van der Waals surface area contributed by atoms with Crippen molar-refractivity contribution in [3.05, 3.63) is 59.7 Å². The van der Waals surface area contributed by atoms with Crippen LogP contribution in [0.1, 0.15) is 50.8 Å². The van der Waals surface area contributed by atoms with Gasteiger partial charge in [-0.15, -0.1) is 0 Å². The van der Waals surface area contributed by atoms with Crippen molar-refractivity contribution in [1.29, 1.82) is 0 Å². The summed E-state index contributed by atoms with van der Waals surface area (Å²) in [5, 5.41) is 3.90. The van der Waals surface area contributed by atoms with Crippen LogP contribution in [0, 0.1) is 0 Å². The number of fused-ring (bicyclic) bond motifs is 3. The third-order valence-corrected chi connectivity index (χ3v) is 4.89. The summed E-state index contributed by atoms with van der Waals surface area (Å²) in [5.74, 6) is 0. The van der Waals surface area contributed by atoms with Gasteiger partial charge in [-0.05, 0) is 42.0 Å². The Morgan fingerprint density at radius 1 is 0.850 bits per heavy atom. The van der Waals surface area contributed by atoms with E-state index in [2.05, 4.69) is 74.6 Å². The largest absolute Gasteiger partial charge is 0.301 e. The van der Waals surface area contributed by atoms with Crippen LogP contribution < -0.4 is 5.32 Å². The summed E-state index contributed by atoms with van der Waals surface area (Å²) in [4.78, 5) is 0. The first-order chi connectivity index (χ1) is 9.68. The molecule has 0 atom stereocenters. The zero-order valence-electron chi connectivity index (χ0n) is 12.6. The molecule has 20 heavy (non-hydrogen) atoms. The number of hydrogen-bond acceptors (Lipinski definition) is 1. The Kier molecular flexibility index (Phi) is 3.39. The molecule has 1 heteroatoms. The Labute approximate surface area is 122 Å². The highest BCUT2D eigenvalue weighted by Gasteiger charge is 2.32. The van der Waals surface area contributed by atoms with Crippen LogP contribution in [0.3, 0.4) is 0 Å². The summed E-state index contributed by atoms with van der Waals surface area (Å²) < 4.78 is 0. The molecule has 0 fully saturated rings. The van der Waals surface area contributed by atoms with E-state index in [1.165, 1.54) is 22.3 Å². The van der Waals surface area contributed by atoms with Crippen molar-refractivity contribution in [2.45, 2.75) is 45.2 Å². The monoisotopic (exact) mass is 265 g/mol. The fourth-order valence-corrected chi connectivity index (χ4v) is 3.11. The van der Waals surface area contributed by atoms with E-state index < -0.39 is 0 Å². The Bertz CT molecular complexity index is 565. The van der Waals surface area contributed by atoms with Gasteiger partial charge in [0.1, 0.15) is 0 Å². The summed E-state index contributed by atoms with van der Waals surface area (Å²) in [5.41, 5.74) is 5.80. The van der Waals surface area contributed by atoms with E-state index in [9.17, 15) is 0 Å². The van der Waals surface area contributed by atoms with Crippen molar-refractivity contribution in [3.63, 3.8) is 0 Å². The lowest BCUT2D eigenvalue weighted by Crippen LogP contribution is -2.43. The van der Waals surface area contributed by atoms with Crippen LogP contribution in [0.2, 0.25) is 0 Å². The van der Waals surface area contributed by atoms with Gasteiger partial charge in [0.25, 0.3) is 0 Å². The van der Waals surface area contributed by atoms with Gasteiger partial charge in [-0.25, -0.2) is 0 Å². The van der Waals surface area contributed by atoms with Gasteiger partial charge >= 0.3 is 0 Å². The molecule has 2 aromatic rings. The highest BCUT2D eigenvalue weighted by Crippen LogP contribution is 2.44. The maximum absolute atomic E-state index is 3.90. The molecule has 0 amide bonds. The molecule has 0 heterocycles. The van der Waals surface area contributed by atoms with Crippen LogP contribution in [-0.4, -0.2) is 5.54 Å². The summed E-state index contributed by atoms with van der Waals surface area (Å²) in [6.07, 6.45) is 2.29. The molecular weight excluding hydrogens is 242 g/mol. The third kappa shape index (κ3) is 2.06. The quantitative estimate of drug-likeness (QED) is 0.827.